The van der Waals surface area contributed by atoms with Gasteiger partial charge in [0.05, 0.1) is 17.2 Å². The Balaban J connectivity index is 1.29. The van der Waals surface area contributed by atoms with Gasteiger partial charge in [-0.15, -0.1) is 0 Å². The summed E-state index contributed by atoms with van der Waals surface area (Å²) in [6.45, 7) is 0.730. The molecule has 1 N–H and O–H groups in total. The molecule has 0 spiro atoms. The van der Waals surface area contributed by atoms with Crippen LogP contribution in [-0.4, -0.2) is 12.6 Å². The van der Waals surface area contributed by atoms with Gasteiger partial charge >= 0.3 is 0 Å². The Morgan fingerprint density at radius 1 is 1.03 bits per heavy atom. The summed E-state index contributed by atoms with van der Waals surface area (Å²) >= 11 is 12.7. The van der Waals surface area contributed by atoms with Crippen LogP contribution in [0.4, 0.5) is 4.39 Å². The van der Waals surface area contributed by atoms with Gasteiger partial charge in [0, 0.05) is 17.6 Å². The fraction of sp³-hybridized carbons (Fsp3) is 0.520. The van der Waals surface area contributed by atoms with Crippen molar-refractivity contribution < 1.29 is 13.9 Å². The highest BCUT2D eigenvalue weighted by Gasteiger charge is 2.50. The standard InChI is InChI=1S/C25H28Cl2FNO2/c1-30-23-9-18(13-29-25-10-15-5-16(11-25)7-17(6-15)12-25)8-21(27)24(23)31-14-19-20(26)3-2-4-22(19)28/h2-4,8-9,15-17,29H,5-7,10-14H2,1H3. The normalized spacial score (nSPS) is 28.7. The smallest absolute Gasteiger partial charge is 0.180 e. The summed E-state index contributed by atoms with van der Waals surface area (Å²) in [5, 5.41) is 4.67. The van der Waals surface area contributed by atoms with Crippen LogP contribution in [0.15, 0.2) is 30.3 Å². The van der Waals surface area contributed by atoms with Gasteiger partial charge in [0.1, 0.15) is 12.4 Å². The van der Waals surface area contributed by atoms with Crippen molar-refractivity contribution in [3.63, 3.8) is 0 Å². The Labute approximate surface area is 193 Å². The molecule has 6 heteroatoms. The molecule has 4 fully saturated rings. The number of rotatable bonds is 7. The topological polar surface area (TPSA) is 30.5 Å². The first-order valence-electron chi connectivity index (χ1n) is 11.1. The number of methoxy groups -OCH3 is 1. The summed E-state index contributed by atoms with van der Waals surface area (Å²) in [4.78, 5) is 0. The Kier molecular flexibility index (Phi) is 5.83. The minimum absolute atomic E-state index is 0.0214. The summed E-state index contributed by atoms with van der Waals surface area (Å²) in [7, 11) is 1.59. The van der Waals surface area contributed by atoms with E-state index in [-0.39, 0.29) is 12.1 Å². The molecule has 4 saturated carbocycles. The van der Waals surface area contributed by atoms with Crippen LogP contribution in [-0.2, 0) is 13.2 Å². The van der Waals surface area contributed by atoms with Gasteiger partial charge in [-0.2, -0.15) is 0 Å². The van der Waals surface area contributed by atoms with E-state index in [2.05, 4.69) is 5.32 Å². The van der Waals surface area contributed by atoms with E-state index in [1.165, 1.54) is 44.6 Å². The molecule has 2 aromatic rings. The van der Waals surface area contributed by atoms with E-state index < -0.39 is 5.82 Å². The van der Waals surface area contributed by atoms with Crippen LogP contribution in [0.1, 0.15) is 49.7 Å². The molecule has 166 valence electrons. The molecule has 0 aliphatic heterocycles. The second-order valence-electron chi connectivity index (χ2n) is 9.65. The average molecular weight is 464 g/mol. The second-order valence-corrected chi connectivity index (χ2v) is 10.5. The van der Waals surface area contributed by atoms with Crippen LogP contribution in [0.2, 0.25) is 10.0 Å². The average Bonchev–Trinajstić information content (AvgIpc) is 2.72. The molecular weight excluding hydrogens is 436 g/mol. The molecule has 4 aliphatic rings. The third-order valence-corrected chi connectivity index (χ3v) is 8.05. The maximum atomic E-state index is 14.1. The van der Waals surface area contributed by atoms with Gasteiger partial charge in [0.25, 0.3) is 0 Å². The van der Waals surface area contributed by atoms with E-state index in [4.69, 9.17) is 32.7 Å². The van der Waals surface area contributed by atoms with Crippen molar-refractivity contribution in [2.24, 2.45) is 17.8 Å². The predicted octanol–water partition coefficient (Wildman–Crippen LogP) is 6.78. The highest BCUT2D eigenvalue weighted by Crippen LogP contribution is 2.55. The fourth-order valence-electron chi connectivity index (χ4n) is 6.45. The quantitative estimate of drug-likeness (QED) is 0.490. The third kappa shape index (κ3) is 4.27. The Morgan fingerprint density at radius 2 is 1.71 bits per heavy atom. The molecular formula is C25H28Cl2FNO2. The number of ether oxygens (including phenoxy) is 2. The van der Waals surface area contributed by atoms with Crippen molar-refractivity contribution in [1.29, 1.82) is 0 Å². The van der Waals surface area contributed by atoms with Crippen LogP contribution in [0, 0.1) is 23.6 Å². The Morgan fingerprint density at radius 3 is 2.32 bits per heavy atom. The van der Waals surface area contributed by atoms with Crippen molar-refractivity contribution in [2.75, 3.05) is 7.11 Å². The Hall–Kier alpha value is -1.49. The lowest BCUT2D eigenvalue weighted by molar-refractivity contribution is -0.0206. The number of hydrogen-bond donors (Lipinski definition) is 1. The fourth-order valence-corrected chi connectivity index (χ4v) is 6.95. The molecule has 0 radical (unpaired) electrons. The third-order valence-electron chi connectivity index (χ3n) is 7.42. The maximum absolute atomic E-state index is 14.1. The lowest BCUT2D eigenvalue weighted by Crippen LogP contribution is -2.58. The highest BCUT2D eigenvalue weighted by molar-refractivity contribution is 6.32. The summed E-state index contributed by atoms with van der Waals surface area (Å²) in [5.74, 6) is 3.25. The first kappa shape index (κ1) is 21.4. The van der Waals surface area contributed by atoms with Gasteiger partial charge in [-0.1, -0.05) is 29.3 Å². The van der Waals surface area contributed by atoms with Crippen molar-refractivity contribution in [3.05, 3.63) is 57.3 Å². The van der Waals surface area contributed by atoms with Gasteiger partial charge in [-0.3, -0.25) is 0 Å². The van der Waals surface area contributed by atoms with E-state index in [1.54, 1.807) is 19.2 Å². The van der Waals surface area contributed by atoms with Crippen LogP contribution in [0.5, 0.6) is 11.5 Å². The second kappa shape index (κ2) is 8.46. The predicted molar refractivity (Wildman–Crippen MR) is 121 cm³/mol. The summed E-state index contributed by atoms with van der Waals surface area (Å²) in [6.07, 6.45) is 8.19. The molecule has 3 nitrogen and oxygen atoms in total. The van der Waals surface area contributed by atoms with Gasteiger partial charge in [0.2, 0.25) is 0 Å². The van der Waals surface area contributed by atoms with Crippen molar-refractivity contribution in [2.45, 2.75) is 57.2 Å². The lowest BCUT2D eigenvalue weighted by atomic mass is 9.53. The molecule has 0 atom stereocenters. The molecule has 4 aliphatic carbocycles. The summed E-state index contributed by atoms with van der Waals surface area (Å²) in [5.41, 5.74) is 1.65. The molecule has 0 aromatic heterocycles. The van der Waals surface area contributed by atoms with Crippen molar-refractivity contribution >= 4 is 23.2 Å². The minimum atomic E-state index is -0.404. The van der Waals surface area contributed by atoms with Gasteiger partial charge in [-0.25, -0.2) is 4.39 Å². The van der Waals surface area contributed by atoms with E-state index in [0.29, 0.717) is 27.1 Å². The molecule has 0 unspecified atom stereocenters. The number of benzene rings is 2. The van der Waals surface area contributed by atoms with Crippen LogP contribution < -0.4 is 14.8 Å². The SMILES string of the molecule is COc1cc(CNC23CC4CC(CC(C4)C2)C3)cc(Cl)c1OCc1c(F)cccc1Cl. The molecule has 0 saturated heterocycles. The lowest BCUT2D eigenvalue weighted by Gasteiger charge is -2.57. The number of hydrogen-bond acceptors (Lipinski definition) is 3. The molecule has 0 amide bonds. The zero-order chi connectivity index (χ0) is 21.6. The van der Waals surface area contributed by atoms with E-state index in [0.717, 1.165) is 29.9 Å². The molecule has 0 heterocycles. The minimum Gasteiger partial charge on any atom is -0.493 e. The Bertz CT molecular complexity index is 925. The largest absolute Gasteiger partial charge is 0.493 e. The van der Waals surface area contributed by atoms with Crippen LogP contribution in [0.25, 0.3) is 0 Å². The number of nitrogens with one attached hydrogen (secondary N) is 1. The molecule has 6 rings (SSSR count). The van der Waals surface area contributed by atoms with Crippen LogP contribution in [0.3, 0.4) is 0 Å². The monoisotopic (exact) mass is 463 g/mol. The molecule has 31 heavy (non-hydrogen) atoms. The first-order chi connectivity index (χ1) is 14.9. The first-order valence-corrected chi connectivity index (χ1v) is 11.9. The molecule has 2 aromatic carbocycles. The summed E-state index contributed by atoms with van der Waals surface area (Å²) < 4.78 is 25.5. The van der Waals surface area contributed by atoms with Gasteiger partial charge < -0.3 is 14.8 Å². The van der Waals surface area contributed by atoms with E-state index >= 15 is 0 Å². The number of halogens is 3. The molecule has 4 bridgehead atoms. The van der Waals surface area contributed by atoms with Gasteiger partial charge in [-0.05, 0) is 86.1 Å². The zero-order valence-electron chi connectivity index (χ0n) is 17.7. The van der Waals surface area contributed by atoms with Gasteiger partial charge in [0.15, 0.2) is 11.5 Å². The zero-order valence-corrected chi connectivity index (χ0v) is 19.2. The van der Waals surface area contributed by atoms with E-state index in [1.807, 2.05) is 12.1 Å². The van der Waals surface area contributed by atoms with Crippen LogP contribution >= 0.6 is 23.2 Å². The van der Waals surface area contributed by atoms with Crippen molar-refractivity contribution in [1.82, 2.24) is 5.32 Å². The van der Waals surface area contributed by atoms with E-state index in [9.17, 15) is 4.39 Å². The summed E-state index contributed by atoms with van der Waals surface area (Å²) in [6, 6.07) is 8.44. The highest BCUT2D eigenvalue weighted by atomic mass is 35.5. The van der Waals surface area contributed by atoms with Crippen molar-refractivity contribution in [3.8, 4) is 11.5 Å². The maximum Gasteiger partial charge on any atom is 0.180 e.